The summed E-state index contributed by atoms with van der Waals surface area (Å²) in [6.07, 6.45) is 1.63. The maximum Gasteiger partial charge on any atom is 0.161 e. The Kier molecular flexibility index (Phi) is 4.08. The maximum absolute atomic E-state index is 5.74. The van der Waals surface area contributed by atoms with Crippen molar-refractivity contribution in [2.45, 2.75) is 19.9 Å². The monoisotopic (exact) mass is 265 g/mol. The van der Waals surface area contributed by atoms with E-state index in [0.717, 1.165) is 37.6 Å². The smallest absolute Gasteiger partial charge is 0.161 e. The molecule has 98 valence electrons. The lowest BCUT2D eigenvalue weighted by Gasteiger charge is -2.40. The molecular formula is C12H19N5S. The molecule has 0 aliphatic carbocycles. The first-order chi connectivity index (χ1) is 8.63. The molecule has 1 atom stereocenters. The molecule has 5 nitrogen and oxygen atoms in total. The molecule has 1 aromatic heterocycles. The van der Waals surface area contributed by atoms with Crippen LogP contribution in [0, 0.1) is 0 Å². The van der Waals surface area contributed by atoms with Crippen molar-refractivity contribution >= 4 is 23.0 Å². The van der Waals surface area contributed by atoms with E-state index in [1.54, 1.807) is 6.20 Å². The molecule has 1 aliphatic heterocycles. The summed E-state index contributed by atoms with van der Waals surface area (Å²) in [5.41, 5.74) is 6.55. The Hall–Kier alpha value is -1.27. The average molecular weight is 265 g/mol. The van der Waals surface area contributed by atoms with Gasteiger partial charge in [-0.05, 0) is 19.5 Å². The van der Waals surface area contributed by atoms with E-state index < -0.39 is 0 Å². The lowest BCUT2D eigenvalue weighted by atomic mass is 10.1. The molecule has 2 rings (SSSR count). The maximum atomic E-state index is 5.74. The van der Waals surface area contributed by atoms with E-state index in [9.17, 15) is 0 Å². The Balaban J connectivity index is 2.20. The van der Waals surface area contributed by atoms with Crippen molar-refractivity contribution < 1.29 is 0 Å². The molecule has 0 bridgehead atoms. The number of likely N-dealkylation sites (N-methyl/N-ethyl adjacent to an activating group) is 1. The molecule has 2 heterocycles. The first-order valence-electron chi connectivity index (χ1n) is 6.24. The number of anilines is 1. The fourth-order valence-corrected chi connectivity index (χ4v) is 2.57. The minimum absolute atomic E-state index is 0.380. The van der Waals surface area contributed by atoms with Crippen LogP contribution < -0.4 is 10.6 Å². The molecule has 1 aromatic rings. The number of nitrogens with zero attached hydrogens (tertiary/aromatic N) is 4. The number of piperazine rings is 1. The van der Waals surface area contributed by atoms with Gasteiger partial charge >= 0.3 is 0 Å². The van der Waals surface area contributed by atoms with Gasteiger partial charge in [-0.1, -0.05) is 19.1 Å². The van der Waals surface area contributed by atoms with Gasteiger partial charge in [0.2, 0.25) is 0 Å². The van der Waals surface area contributed by atoms with E-state index >= 15 is 0 Å². The van der Waals surface area contributed by atoms with Gasteiger partial charge in [-0.2, -0.15) is 5.10 Å². The molecule has 1 aliphatic rings. The number of rotatable bonds is 3. The molecular weight excluding hydrogens is 246 g/mol. The largest absolute Gasteiger partial charge is 0.389 e. The Morgan fingerprint density at radius 1 is 1.56 bits per heavy atom. The van der Waals surface area contributed by atoms with E-state index in [1.165, 1.54) is 0 Å². The highest BCUT2D eigenvalue weighted by molar-refractivity contribution is 7.80. The molecule has 0 amide bonds. The van der Waals surface area contributed by atoms with Crippen LogP contribution in [0.1, 0.15) is 19.4 Å². The Morgan fingerprint density at radius 2 is 2.33 bits per heavy atom. The van der Waals surface area contributed by atoms with Crippen molar-refractivity contribution in [3.05, 3.63) is 17.8 Å². The minimum Gasteiger partial charge on any atom is -0.389 e. The molecule has 0 aromatic carbocycles. The van der Waals surface area contributed by atoms with Crippen LogP contribution in [0.5, 0.6) is 0 Å². The van der Waals surface area contributed by atoms with Gasteiger partial charge in [-0.25, -0.2) is 0 Å². The van der Waals surface area contributed by atoms with Crippen LogP contribution in [0.4, 0.5) is 5.82 Å². The Bertz CT molecular complexity index is 436. The molecule has 6 heteroatoms. The predicted molar refractivity (Wildman–Crippen MR) is 76.8 cm³/mol. The van der Waals surface area contributed by atoms with Gasteiger partial charge in [-0.15, -0.1) is 5.10 Å². The summed E-state index contributed by atoms with van der Waals surface area (Å²) in [6, 6.07) is 2.34. The van der Waals surface area contributed by atoms with Gasteiger partial charge < -0.3 is 10.6 Å². The highest BCUT2D eigenvalue weighted by atomic mass is 32.1. The van der Waals surface area contributed by atoms with E-state index in [0.29, 0.717) is 11.0 Å². The lowest BCUT2D eigenvalue weighted by molar-refractivity contribution is 0.199. The van der Waals surface area contributed by atoms with Crippen molar-refractivity contribution in [2.24, 2.45) is 5.73 Å². The summed E-state index contributed by atoms with van der Waals surface area (Å²) >= 11 is 5.07. The van der Waals surface area contributed by atoms with Crippen LogP contribution in [0.25, 0.3) is 0 Å². The van der Waals surface area contributed by atoms with Crippen LogP contribution >= 0.6 is 12.2 Å². The number of hydrogen-bond acceptors (Lipinski definition) is 5. The molecule has 1 fully saturated rings. The summed E-state index contributed by atoms with van der Waals surface area (Å²) in [5, 5.41) is 8.15. The highest BCUT2D eigenvalue weighted by Crippen LogP contribution is 2.20. The molecule has 18 heavy (non-hydrogen) atoms. The first-order valence-corrected chi connectivity index (χ1v) is 6.64. The van der Waals surface area contributed by atoms with Crippen molar-refractivity contribution in [2.75, 3.05) is 31.1 Å². The summed E-state index contributed by atoms with van der Waals surface area (Å²) in [6.45, 7) is 8.40. The van der Waals surface area contributed by atoms with E-state index in [-0.39, 0.29) is 0 Å². The zero-order valence-corrected chi connectivity index (χ0v) is 11.7. The van der Waals surface area contributed by atoms with Crippen molar-refractivity contribution in [1.82, 2.24) is 15.1 Å². The van der Waals surface area contributed by atoms with Gasteiger partial charge in [0.05, 0.1) is 11.8 Å². The SMILES string of the molecule is CCN1CCN(c2nnccc2C(N)=S)CC1C. The third-order valence-electron chi connectivity index (χ3n) is 3.44. The number of thiocarbonyl (C=S) groups is 1. The van der Waals surface area contributed by atoms with Crippen LogP contribution in [-0.4, -0.2) is 52.3 Å². The molecule has 0 saturated carbocycles. The average Bonchev–Trinajstić information content (AvgIpc) is 2.38. The van der Waals surface area contributed by atoms with Crippen LogP contribution in [0.2, 0.25) is 0 Å². The second kappa shape index (κ2) is 5.58. The predicted octanol–water partition coefficient (Wildman–Crippen LogP) is 0.641. The van der Waals surface area contributed by atoms with E-state index in [2.05, 4.69) is 33.8 Å². The number of nitrogens with two attached hydrogens (primary N) is 1. The quantitative estimate of drug-likeness (QED) is 0.810. The summed E-state index contributed by atoms with van der Waals surface area (Å²) in [4.78, 5) is 5.05. The van der Waals surface area contributed by atoms with E-state index in [4.69, 9.17) is 18.0 Å². The summed E-state index contributed by atoms with van der Waals surface area (Å²) in [7, 11) is 0. The fourth-order valence-electron chi connectivity index (χ4n) is 2.41. The first kappa shape index (κ1) is 13.2. The van der Waals surface area contributed by atoms with Crippen molar-refractivity contribution in [1.29, 1.82) is 0 Å². The Morgan fingerprint density at radius 3 is 2.94 bits per heavy atom. The lowest BCUT2D eigenvalue weighted by Crippen LogP contribution is -2.52. The van der Waals surface area contributed by atoms with Crippen LogP contribution in [-0.2, 0) is 0 Å². The zero-order chi connectivity index (χ0) is 13.1. The summed E-state index contributed by atoms with van der Waals surface area (Å²) < 4.78 is 0. The van der Waals surface area contributed by atoms with E-state index in [1.807, 2.05) is 6.07 Å². The van der Waals surface area contributed by atoms with Gasteiger partial charge in [0.15, 0.2) is 5.82 Å². The topological polar surface area (TPSA) is 58.3 Å². The standard InChI is InChI=1S/C12H19N5S/c1-3-16-6-7-17(8-9(16)2)12-10(11(13)18)4-5-14-15-12/h4-5,9H,3,6-8H2,1-2H3,(H2,13,18). The third-order valence-corrected chi connectivity index (χ3v) is 3.66. The molecule has 1 saturated heterocycles. The van der Waals surface area contributed by atoms with Gasteiger partial charge in [0.1, 0.15) is 4.99 Å². The van der Waals surface area contributed by atoms with Gasteiger partial charge in [0, 0.05) is 25.7 Å². The summed E-state index contributed by atoms with van der Waals surface area (Å²) in [5.74, 6) is 0.813. The fraction of sp³-hybridized carbons (Fsp3) is 0.583. The molecule has 2 N–H and O–H groups in total. The minimum atomic E-state index is 0.380. The number of aromatic nitrogens is 2. The second-order valence-electron chi connectivity index (χ2n) is 4.56. The second-order valence-corrected chi connectivity index (χ2v) is 5.00. The van der Waals surface area contributed by atoms with Crippen LogP contribution in [0.15, 0.2) is 12.3 Å². The van der Waals surface area contributed by atoms with Gasteiger partial charge in [0.25, 0.3) is 0 Å². The number of hydrogen-bond donors (Lipinski definition) is 1. The third kappa shape index (κ3) is 2.59. The van der Waals surface area contributed by atoms with Crippen molar-refractivity contribution in [3.63, 3.8) is 0 Å². The normalized spacial score (nSPS) is 21.0. The van der Waals surface area contributed by atoms with Crippen LogP contribution in [0.3, 0.4) is 0 Å². The molecule has 0 spiro atoms. The molecule has 1 unspecified atom stereocenters. The van der Waals surface area contributed by atoms with Crippen molar-refractivity contribution in [3.8, 4) is 0 Å². The Labute approximate surface area is 113 Å². The zero-order valence-electron chi connectivity index (χ0n) is 10.8. The molecule has 0 radical (unpaired) electrons. The highest BCUT2D eigenvalue weighted by Gasteiger charge is 2.25. The van der Waals surface area contributed by atoms with Gasteiger partial charge in [-0.3, -0.25) is 4.90 Å².